The monoisotopic (exact) mass is 280 g/mol. The number of anilines is 1. The van der Waals surface area contributed by atoms with Crippen molar-refractivity contribution in [2.24, 2.45) is 7.05 Å². The zero-order valence-electron chi connectivity index (χ0n) is 10.4. The number of nitro groups is 1. The zero-order valence-corrected chi connectivity index (χ0v) is 11.2. The second-order valence-corrected chi connectivity index (χ2v) is 4.69. The first-order valence-corrected chi connectivity index (χ1v) is 6.33. The van der Waals surface area contributed by atoms with Crippen LogP contribution in [0.15, 0.2) is 28.5 Å². The normalized spacial score (nSPS) is 10.4. The van der Waals surface area contributed by atoms with Crippen LogP contribution in [0, 0.1) is 10.1 Å². The van der Waals surface area contributed by atoms with Crippen LogP contribution in [-0.2, 0) is 7.05 Å². The fourth-order valence-corrected chi connectivity index (χ4v) is 2.26. The molecule has 2 aromatic rings. The number of nitrogens with one attached hydrogen (secondary N) is 1. The molecule has 2 rings (SSSR count). The molecule has 0 aromatic carbocycles. The van der Waals surface area contributed by atoms with E-state index >= 15 is 0 Å². The van der Waals surface area contributed by atoms with Crippen LogP contribution in [-0.4, -0.2) is 31.2 Å². The first-order chi connectivity index (χ1) is 9.10. The van der Waals surface area contributed by atoms with Crippen molar-refractivity contribution in [3.8, 4) is 0 Å². The van der Waals surface area contributed by atoms with Crippen LogP contribution in [0.1, 0.15) is 6.92 Å². The van der Waals surface area contributed by atoms with E-state index in [1.165, 1.54) is 18.0 Å². The SMILES string of the molecule is CCNc1ncc([N+](=O)[O-])c(Sc2cnn(C)c2)n1. The van der Waals surface area contributed by atoms with E-state index in [0.29, 0.717) is 17.5 Å². The minimum absolute atomic E-state index is 0.115. The lowest BCUT2D eigenvalue weighted by atomic mass is 10.5. The summed E-state index contributed by atoms with van der Waals surface area (Å²) in [7, 11) is 1.78. The van der Waals surface area contributed by atoms with Gasteiger partial charge in [0.2, 0.25) is 5.95 Å². The molecular weight excluding hydrogens is 268 g/mol. The fourth-order valence-electron chi connectivity index (χ4n) is 1.37. The summed E-state index contributed by atoms with van der Waals surface area (Å²) in [5.41, 5.74) is -0.115. The standard InChI is InChI=1S/C10H12N6O2S/c1-3-11-10-12-5-8(16(17)18)9(14-10)19-7-4-13-15(2)6-7/h4-6H,3H2,1-2H3,(H,11,12,14). The Morgan fingerprint density at radius 2 is 2.32 bits per heavy atom. The first-order valence-electron chi connectivity index (χ1n) is 5.52. The Hall–Kier alpha value is -2.16. The smallest absolute Gasteiger partial charge is 0.320 e. The maximum absolute atomic E-state index is 11.0. The largest absolute Gasteiger partial charge is 0.354 e. The van der Waals surface area contributed by atoms with E-state index in [4.69, 9.17) is 0 Å². The Bertz CT molecular complexity index is 599. The van der Waals surface area contributed by atoms with Crippen molar-refractivity contribution in [3.05, 3.63) is 28.7 Å². The second kappa shape index (κ2) is 5.65. The van der Waals surface area contributed by atoms with Crippen LogP contribution in [0.4, 0.5) is 11.6 Å². The number of aromatic nitrogens is 4. The predicted octanol–water partition coefficient (Wildman–Crippen LogP) is 1.70. The van der Waals surface area contributed by atoms with Gasteiger partial charge in [-0.1, -0.05) is 11.8 Å². The molecule has 0 saturated carbocycles. The number of hydrogen-bond acceptors (Lipinski definition) is 7. The minimum atomic E-state index is -0.492. The molecule has 0 bridgehead atoms. The lowest BCUT2D eigenvalue weighted by Gasteiger charge is -2.04. The predicted molar refractivity (Wildman–Crippen MR) is 70.2 cm³/mol. The Morgan fingerprint density at radius 3 is 2.89 bits per heavy atom. The van der Waals surface area contributed by atoms with Gasteiger partial charge < -0.3 is 5.32 Å². The maximum Gasteiger partial charge on any atom is 0.320 e. The summed E-state index contributed by atoms with van der Waals surface area (Å²) in [4.78, 5) is 19.3. The molecule has 0 unspecified atom stereocenters. The minimum Gasteiger partial charge on any atom is -0.354 e. The molecule has 0 radical (unpaired) electrons. The van der Waals surface area contributed by atoms with Crippen molar-refractivity contribution >= 4 is 23.4 Å². The summed E-state index contributed by atoms with van der Waals surface area (Å²) >= 11 is 1.19. The molecular formula is C10H12N6O2S. The van der Waals surface area contributed by atoms with Crippen molar-refractivity contribution in [1.29, 1.82) is 0 Å². The molecule has 0 spiro atoms. The van der Waals surface area contributed by atoms with Crippen LogP contribution in [0.2, 0.25) is 0 Å². The topological polar surface area (TPSA) is 98.8 Å². The zero-order chi connectivity index (χ0) is 13.8. The van der Waals surface area contributed by atoms with Crippen molar-refractivity contribution < 1.29 is 4.92 Å². The van der Waals surface area contributed by atoms with Gasteiger partial charge in [0.15, 0.2) is 5.03 Å². The van der Waals surface area contributed by atoms with E-state index in [-0.39, 0.29) is 5.69 Å². The molecule has 19 heavy (non-hydrogen) atoms. The molecule has 0 atom stereocenters. The van der Waals surface area contributed by atoms with Gasteiger partial charge in [-0.3, -0.25) is 14.8 Å². The highest BCUT2D eigenvalue weighted by atomic mass is 32.2. The molecule has 0 aliphatic rings. The lowest BCUT2D eigenvalue weighted by Crippen LogP contribution is -2.04. The van der Waals surface area contributed by atoms with Crippen LogP contribution in [0.3, 0.4) is 0 Å². The van der Waals surface area contributed by atoms with E-state index in [2.05, 4.69) is 20.4 Å². The first kappa shape index (κ1) is 13.3. The highest BCUT2D eigenvalue weighted by Gasteiger charge is 2.18. The molecule has 0 fully saturated rings. The van der Waals surface area contributed by atoms with E-state index in [9.17, 15) is 10.1 Å². The molecule has 9 heteroatoms. The summed E-state index contributed by atoms with van der Waals surface area (Å²) < 4.78 is 1.63. The van der Waals surface area contributed by atoms with Crippen LogP contribution in [0.5, 0.6) is 0 Å². The van der Waals surface area contributed by atoms with Crippen LogP contribution in [0.25, 0.3) is 0 Å². The summed E-state index contributed by atoms with van der Waals surface area (Å²) in [6.45, 7) is 2.55. The van der Waals surface area contributed by atoms with Crippen LogP contribution < -0.4 is 5.32 Å². The van der Waals surface area contributed by atoms with Gasteiger partial charge in [-0.2, -0.15) is 10.1 Å². The fraction of sp³-hybridized carbons (Fsp3) is 0.300. The molecule has 8 nitrogen and oxygen atoms in total. The quantitative estimate of drug-likeness (QED) is 0.505. The summed E-state index contributed by atoms with van der Waals surface area (Å²) in [5, 5.41) is 18.2. The highest BCUT2D eigenvalue weighted by molar-refractivity contribution is 7.99. The average molecular weight is 280 g/mol. The van der Waals surface area contributed by atoms with Gasteiger partial charge in [0.25, 0.3) is 0 Å². The number of aryl methyl sites for hydroxylation is 1. The molecule has 1 N–H and O–H groups in total. The van der Waals surface area contributed by atoms with E-state index in [1.54, 1.807) is 24.1 Å². The molecule has 0 saturated heterocycles. The third kappa shape index (κ3) is 3.19. The van der Waals surface area contributed by atoms with Gasteiger partial charge >= 0.3 is 5.69 Å². The Balaban J connectivity index is 2.34. The van der Waals surface area contributed by atoms with Crippen molar-refractivity contribution in [3.63, 3.8) is 0 Å². The number of nitrogens with zero attached hydrogens (tertiary/aromatic N) is 5. The number of rotatable bonds is 5. The molecule has 100 valence electrons. The van der Waals surface area contributed by atoms with Crippen LogP contribution >= 0.6 is 11.8 Å². The van der Waals surface area contributed by atoms with Gasteiger partial charge in [-0.15, -0.1) is 0 Å². The summed E-state index contributed by atoms with van der Waals surface area (Å²) in [5.74, 6) is 0.375. The Labute approximate surface area is 113 Å². The lowest BCUT2D eigenvalue weighted by molar-refractivity contribution is -0.388. The van der Waals surface area contributed by atoms with Crippen molar-refractivity contribution in [1.82, 2.24) is 19.7 Å². The maximum atomic E-state index is 11.0. The Morgan fingerprint density at radius 1 is 1.53 bits per heavy atom. The van der Waals surface area contributed by atoms with Gasteiger partial charge in [0, 0.05) is 19.8 Å². The van der Waals surface area contributed by atoms with Gasteiger partial charge in [0.1, 0.15) is 6.20 Å². The molecule has 0 amide bonds. The van der Waals surface area contributed by atoms with E-state index in [1.807, 2.05) is 6.92 Å². The third-order valence-electron chi connectivity index (χ3n) is 2.16. The summed E-state index contributed by atoms with van der Waals surface area (Å²) in [6.07, 6.45) is 4.61. The van der Waals surface area contributed by atoms with E-state index in [0.717, 1.165) is 4.90 Å². The van der Waals surface area contributed by atoms with Gasteiger partial charge in [-0.05, 0) is 6.92 Å². The van der Waals surface area contributed by atoms with Crippen molar-refractivity contribution in [2.75, 3.05) is 11.9 Å². The van der Waals surface area contributed by atoms with Gasteiger partial charge in [-0.25, -0.2) is 4.98 Å². The molecule has 2 aromatic heterocycles. The molecule has 2 heterocycles. The third-order valence-corrected chi connectivity index (χ3v) is 3.10. The van der Waals surface area contributed by atoms with E-state index < -0.39 is 4.92 Å². The van der Waals surface area contributed by atoms with Crippen molar-refractivity contribution in [2.45, 2.75) is 16.8 Å². The number of hydrogen-bond donors (Lipinski definition) is 1. The molecule has 0 aliphatic heterocycles. The van der Waals surface area contributed by atoms with Gasteiger partial charge in [0.05, 0.1) is 16.0 Å². The summed E-state index contributed by atoms with van der Waals surface area (Å²) in [6, 6.07) is 0. The Kier molecular flexibility index (Phi) is 3.95. The average Bonchev–Trinajstić information content (AvgIpc) is 2.75. The second-order valence-electron chi connectivity index (χ2n) is 3.62. The molecule has 0 aliphatic carbocycles. The highest BCUT2D eigenvalue weighted by Crippen LogP contribution is 2.32.